The SMILES string of the molecule is CC(C)[Si]([Si]=[Si](B1C2CCCC1CCC2)[Si](C(C)C)(C([Si](C)(C)C)[Si](C)(C)C)C([Si](C)(C)C)[Si](C)(C)C)(C([Si](C)(C)C)[Si](C)(C)C)C([Si](C)(C)C)[Si](C)(C)C. The third-order valence-corrected chi connectivity index (χ3v) is 127. The molecule has 0 spiro atoms. The van der Waals surface area contributed by atoms with E-state index in [4.69, 9.17) is 0 Å². The molecule has 2 saturated heterocycles. The van der Waals surface area contributed by atoms with Crippen LogP contribution >= 0.6 is 0 Å². The van der Waals surface area contributed by atoms with E-state index in [0.717, 1.165) is 48.2 Å². The van der Waals surface area contributed by atoms with Gasteiger partial charge in [0.15, 0.2) is 6.31 Å². The van der Waals surface area contributed by atoms with Crippen molar-refractivity contribution in [3.05, 3.63) is 0 Å². The summed E-state index contributed by atoms with van der Waals surface area (Å²) in [5, 5.41) is 0. The Balaban J connectivity index is 3.88. The molecule has 0 amide bonds. The fourth-order valence-corrected chi connectivity index (χ4v) is 221. The van der Waals surface area contributed by atoms with Gasteiger partial charge >= 0.3 is 0 Å². The Hall–Kier alpha value is 2.67. The molecule has 0 saturated carbocycles. The van der Waals surface area contributed by atoms with Crippen molar-refractivity contribution in [3.63, 3.8) is 0 Å². The molecule has 0 N–H and O–H groups in total. The van der Waals surface area contributed by atoms with E-state index in [9.17, 15) is 0 Å². The molecule has 1 radical (unpaired) electrons. The van der Waals surface area contributed by atoms with Crippen molar-refractivity contribution in [2.45, 2.75) is 265 Å². The average molecular weight is 957 g/mol. The van der Waals surface area contributed by atoms with Crippen LogP contribution in [0.25, 0.3) is 0 Å². The van der Waals surface area contributed by atoms with Crippen LogP contribution in [0, 0.1) is 0 Å². The van der Waals surface area contributed by atoms with Crippen molar-refractivity contribution in [2.24, 2.45) is 0 Å². The third-order valence-electron chi connectivity index (χ3n) is 15.2. The molecular formula is C42H104BSi12. The quantitative estimate of drug-likeness (QED) is 0.127. The molecule has 323 valence electrons. The first-order valence-corrected chi connectivity index (χ1v) is 62.3. The highest BCUT2D eigenvalue weighted by molar-refractivity contribution is 7.72. The molecule has 0 nitrogen and oxygen atoms in total. The zero-order chi connectivity index (χ0) is 43.7. The predicted octanol–water partition coefficient (Wildman–Crippen LogP) is 16.2. The minimum Gasteiger partial charge on any atom is -0.0698 e. The predicted molar refractivity (Wildman–Crippen MR) is 296 cm³/mol. The van der Waals surface area contributed by atoms with E-state index < -0.39 is 87.1 Å². The van der Waals surface area contributed by atoms with Crippen LogP contribution in [0.2, 0.25) is 199 Å². The molecule has 0 unspecified atom stereocenters. The number of rotatable bonds is 17. The van der Waals surface area contributed by atoms with Crippen molar-refractivity contribution in [1.82, 2.24) is 0 Å². The Morgan fingerprint density at radius 2 is 0.618 bits per heavy atom. The second-order valence-electron chi connectivity index (χ2n) is 29.3. The smallest absolute Gasteiger partial charge is 0.0698 e. The molecule has 0 aliphatic carbocycles. The lowest BCUT2D eigenvalue weighted by Crippen LogP contribution is -2.80. The standard InChI is InChI=1S/C42H104BSi12/c1-35(2)54(39(46(5,6)7)47(8,9)10,40(48(11,12)13)49(14,15)16)44-45(43-37-31-29-32-38(43)34-30-33-37)55(36(3)4,41(50(17,18)19)51(20,21)22)42(52(23,24)25)53(26,27)28/h35-42H,29-34H2,1-28H3. The van der Waals surface area contributed by atoms with E-state index in [1.165, 1.54) is 8.13 Å². The number of hydrogen-bond acceptors (Lipinski definition) is 0. The Labute approximate surface area is 363 Å². The summed E-state index contributed by atoms with van der Waals surface area (Å²) in [6.45, 7) is 82.6. The second kappa shape index (κ2) is 17.7. The van der Waals surface area contributed by atoms with E-state index in [1.807, 2.05) is 0 Å². The van der Waals surface area contributed by atoms with Gasteiger partial charge in [-0.15, -0.1) is 0 Å². The maximum absolute atomic E-state index is 2.97. The normalized spacial score (nSPS) is 21.3. The number of fused-ring (bicyclic) bond motifs is 2. The summed E-state index contributed by atoms with van der Waals surface area (Å²) >= 11 is 0. The van der Waals surface area contributed by atoms with E-state index in [-0.39, 0.29) is 0 Å². The summed E-state index contributed by atoms with van der Waals surface area (Å²) in [4.78, 5) is 4.55. The summed E-state index contributed by atoms with van der Waals surface area (Å²) in [6.07, 6.45) is 10.7. The highest BCUT2D eigenvalue weighted by Gasteiger charge is 2.69. The van der Waals surface area contributed by atoms with E-state index in [0.29, 0.717) is 0 Å². The topological polar surface area (TPSA) is 0 Å². The fourth-order valence-electron chi connectivity index (χ4n) is 17.4. The zero-order valence-corrected chi connectivity index (χ0v) is 55.4. The van der Waals surface area contributed by atoms with Gasteiger partial charge in [-0.25, -0.2) is 0 Å². The minimum absolute atomic E-state index is 0.699. The zero-order valence-electron chi connectivity index (χ0n) is 43.4. The molecule has 0 aromatic carbocycles. The van der Waals surface area contributed by atoms with Gasteiger partial charge in [-0.1, -0.05) is 272 Å². The van der Waals surface area contributed by atoms with Crippen molar-refractivity contribution >= 4 is 101 Å². The van der Waals surface area contributed by atoms with Gasteiger partial charge in [-0.05, 0) is 8.13 Å². The van der Waals surface area contributed by atoms with E-state index in [1.54, 1.807) is 38.5 Å². The third kappa shape index (κ3) is 11.4. The van der Waals surface area contributed by atoms with Crippen LogP contribution in [-0.4, -0.2) is 101 Å². The van der Waals surface area contributed by atoms with Crippen molar-refractivity contribution in [1.29, 1.82) is 0 Å². The second-order valence-corrected chi connectivity index (χ2v) is 102. The van der Waals surface area contributed by atoms with Gasteiger partial charge in [-0.2, -0.15) is 0 Å². The lowest BCUT2D eigenvalue weighted by Gasteiger charge is -2.66. The molecule has 2 bridgehead atoms. The van der Waals surface area contributed by atoms with Gasteiger partial charge in [-0.3, -0.25) is 0 Å². The summed E-state index contributed by atoms with van der Waals surface area (Å²) in [5.74, 6) is 2.14. The molecule has 0 aromatic heterocycles. The molecule has 13 heteroatoms. The molecule has 0 atom stereocenters. The Bertz CT molecular complexity index is 1160. The van der Waals surface area contributed by atoms with Gasteiger partial charge in [0.2, 0.25) is 0 Å². The average Bonchev–Trinajstić information content (AvgIpc) is 2.83. The fraction of sp³-hybridized carbons (Fsp3) is 1.00. The van der Waals surface area contributed by atoms with Gasteiger partial charge in [0.25, 0.3) is 0 Å². The molecule has 2 rings (SSSR count). The minimum atomic E-state index is -1.98. The Morgan fingerprint density at radius 3 is 0.800 bits per heavy atom. The molecule has 2 fully saturated rings. The molecule has 0 aromatic rings. The van der Waals surface area contributed by atoms with Gasteiger partial charge < -0.3 is 0 Å². The van der Waals surface area contributed by atoms with Crippen LogP contribution in [0.1, 0.15) is 66.2 Å². The summed E-state index contributed by atoms with van der Waals surface area (Å²) in [6, 6.07) is 0. The first-order chi connectivity index (χ1) is 24.0. The largest absolute Gasteiger partial charge is 0.150 e. The lowest BCUT2D eigenvalue weighted by atomic mass is 9.42. The van der Waals surface area contributed by atoms with Crippen LogP contribution in [-0.2, 0) is 0 Å². The van der Waals surface area contributed by atoms with Gasteiger partial charge in [0.1, 0.15) is 0 Å². The summed E-state index contributed by atoms with van der Waals surface area (Å²) in [7, 11) is -15.5. The van der Waals surface area contributed by atoms with Crippen molar-refractivity contribution in [2.75, 3.05) is 0 Å². The maximum Gasteiger partial charge on any atom is 0.150 e. The maximum atomic E-state index is 2.97. The van der Waals surface area contributed by atoms with Crippen LogP contribution in [0.5, 0.6) is 0 Å². The van der Waals surface area contributed by atoms with Crippen LogP contribution < -0.4 is 0 Å². The van der Waals surface area contributed by atoms with Crippen molar-refractivity contribution in [3.8, 4) is 0 Å². The first-order valence-electron chi connectivity index (χ1n) is 23.7. The molecule has 2 aliphatic rings. The lowest BCUT2D eigenvalue weighted by molar-refractivity contribution is 0.450. The number of hydrogen-bond donors (Lipinski definition) is 0. The highest BCUT2D eigenvalue weighted by Crippen LogP contribution is 2.61. The van der Waals surface area contributed by atoms with Crippen LogP contribution in [0.3, 0.4) is 0 Å². The molecule has 2 aliphatic heterocycles. The van der Waals surface area contributed by atoms with Gasteiger partial charge in [0.05, 0.1) is 15.2 Å². The molecule has 55 heavy (non-hydrogen) atoms. The Kier molecular flexibility index (Phi) is 17.3. The first kappa shape index (κ1) is 53.8. The Morgan fingerprint density at radius 1 is 0.382 bits per heavy atom. The highest BCUT2D eigenvalue weighted by atomic mass is 29.6. The molecular weight excluding hydrogens is 852 g/mol. The van der Waals surface area contributed by atoms with Crippen LogP contribution in [0.4, 0.5) is 0 Å². The monoisotopic (exact) mass is 956 g/mol. The summed E-state index contributed by atoms with van der Waals surface area (Å²) in [5.41, 5.74) is 1.87. The summed E-state index contributed by atoms with van der Waals surface area (Å²) < 4.78 is 0. The van der Waals surface area contributed by atoms with Crippen molar-refractivity contribution < 1.29 is 0 Å². The van der Waals surface area contributed by atoms with Gasteiger partial charge in [0, 0.05) is 64.6 Å². The van der Waals surface area contributed by atoms with E-state index >= 15 is 0 Å². The molecule has 2 heterocycles. The van der Waals surface area contributed by atoms with E-state index in [2.05, 4.69) is 185 Å². The van der Waals surface area contributed by atoms with Crippen LogP contribution in [0.15, 0.2) is 0 Å².